The van der Waals surface area contributed by atoms with E-state index in [9.17, 15) is 4.79 Å². The van der Waals surface area contributed by atoms with Gasteiger partial charge in [0.15, 0.2) is 0 Å². The van der Waals surface area contributed by atoms with Crippen molar-refractivity contribution in [3.05, 3.63) is 69.6 Å². The minimum Gasteiger partial charge on any atom is -0.478 e. The molecule has 2 N–H and O–H groups in total. The second-order valence-electron chi connectivity index (χ2n) is 7.38. The van der Waals surface area contributed by atoms with Crippen molar-refractivity contribution in [2.75, 3.05) is 19.8 Å². The zero-order valence-electron chi connectivity index (χ0n) is 15.8. The molecule has 0 bridgehead atoms. The van der Waals surface area contributed by atoms with Crippen LogP contribution in [-0.4, -0.2) is 51.7 Å². The average molecular weight is 433 g/mol. The number of benzene rings is 1. The molecule has 4 rings (SSSR count). The van der Waals surface area contributed by atoms with Gasteiger partial charge in [0.05, 0.1) is 33.7 Å². The molecule has 29 heavy (non-hydrogen) atoms. The molecule has 0 radical (unpaired) electrons. The van der Waals surface area contributed by atoms with E-state index in [-0.39, 0.29) is 5.56 Å². The van der Waals surface area contributed by atoms with Gasteiger partial charge in [-0.3, -0.25) is 9.88 Å². The summed E-state index contributed by atoms with van der Waals surface area (Å²) >= 11 is 12.2. The number of carboxylic acids is 1. The Labute approximate surface area is 179 Å². The molecule has 0 amide bonds. The second kappa shape index (κ2) is 8.61. The highest BCUT2D eigenvalue weighted by Gasteiger charge is 2.29. The van der Waals surface area contributed by atoms with E-state index in [0.29, 0.717) is 28.4 Å². The Morgan fingerprint density at radius 2 is 2.07 bits per heavy atom. The van der Waals surface area contributed by atoms with Crippen LogP contribution in [0.4, 0.5) is 0 Å². The summed E-state index contributed by atoms with van der Waals surface area (Å²) in [6.07, 6.45) is 5.99. The van der Waals surface area contributed by atoms with Crippen LogP contribution in [0, 0.1) is 0 Å². The first kappa shape index (κ1) is 20.0. The van der Waals surface area contributed by atoms with E-state index in [2.05, 4.69) is 20.1 Å². The zero-order valence-corrected chi connectivity index (χ0v) is 17.3. The molecule has 0 unspecified atom stereocenters. The number of carboxylic acid groups (broad SMARTS) is 1. The van der Waals surface area contributed by atoms with Crippen LogP contribution in [0.15, 0.2) is 42.7 Å². The van der Waals surface area contributed by atoms with Gasteiger partial charge in [-0.2, -0.15) is 0 Å². The van der Waals surface area contributed by atoms with Crippen molar-refractivity contribution in [3.63, 3.8) is 0 Å². The molecule has 1 aromatic heterocycles. The highest BCUT2D eigenvalue weighted by Crippen LogP contribution is 2.30. The van der Waals surface area contributed by atoms with Crippen LogP contribution >= 0.6 is 23.2 Å². The maximum Gasteiger partial charge on any atom is 0.335 e. The van der Waals surface area contributed by atoms with E-state index in [0.717, 1.165) is 30.9 Å². The van der Waals surface area contributed by atoms with E-state index >= 15 is 0 Å². The standard InChI is InChI=1S/C21H22Cl2N4O2/c22-17-4-1-14(9-18(17)23)11-27(16-2-3-16)8-7-26-12-20(25-13-26)19-10-15(21(28)29)5-6-24-19/h1,4-6,9-10,12,16,25H,2-3,7-8,11,13H2,(H,28,29). The first-order valence-corrected chi connectivity index (χ1v) is 10.3. The lowest BCUT2D eigenvalue weighted by Crippen LogP contribution is -2.34. The van der Waals surface area contributed by atoms with Crippen LogP contribution in [0.5, 0.6) is 0 Å². The summed E-state index contributed by atoms with van der Waals surface area (Å²) in [7, 11) is 0. The number of halogens is 2. The van der Waals surface area contributed by atoms with Crippen molar-refractivity contribution in [1.29, 1.82) is 0 Å². The number of pyridine rings is 1. The highest BCUT2D eigenvalue weighted by molar-refractivity contribution is 6.42. The quantitative estimate of drug-likeness (QED) is 0.658. The number of rotatable bonds is 8. The van der Waals surface area contributed by atoms with E-state index in [1.165, 1.54) is 25.1 Å². The van der Waals surface area contributed by atoms with Crippen LogP contribution in [-0.2, 0) is 6.54 Å². The van der Waals surface area contributed by atoms with Gasteiger partial charge < -0.3 is 15.3 Å². The first-order valence-electron chi connectivity index (χ1n) is 9.57. The molecule has 0 saturated heterocycles. The minimum absolute atomic E-state index is 0.234. The summed E-state index contributed by atoms with van der Waals surface area (Å²) in [5.41, 5.74) is 2.88. The average Bonchev–Trinajstić information content (AvgIpc) is 3.45. The Balaban J connectivity index is 1.38. The van der Waals surface area contributed by atoms with Gasteiger partial charge in [0.1, 0.15) is 0 Å². The summed E-state index contributed by atoms with van der Waals surface area (Å²) in [6, 6.07) is 9.52. The van der Waals surface area contributed by atoms with Crippen molar-refractivity contribution in [2.24, 2.45) is 0 Å². The van der Waals surface area contributed by atoms with Crippen LogP contribution in [0.25, 0.3) is 5.70 Å². The Kier molecular flexibility index (Phi) is 5.94. The van der Waals surface area contributed by atoms with Crippen LogP contribution in [0.2, 0.25) is 10.0 Å². The minimum atomic E-state index is -0.952. The molecule has 1 fully saturated rings. The maximum atomic E-state index is 11.2. The summed E-state index contributed by atoms with van der Waals surface area (Å²) in [6.45, 7) is 3.33. The Bertz CT molecular complexity index is 946. The van der Waals surface area contributed by atoms with Crippen LogP contribution < -0.4 is 5.32 Å². The highest BCUT2D eigenvalue weighted by atomic mass is 35.5. The van der Waals surface area contributed by atoms with E-state index in [1.54, 1.807) is 6.07 Å². The molecule has 6 nitrogen and oxygen atoms in total. The predicted octanol–water partition coefficient (Wildman–Crippen LogP) is 3.91. The number of aromatic carboxylic acids is 1. The first-order chi connectivity index (χ1) is 14.0. The third kappa shape index (κ3) is 5.01. The lowest BCUT2D eigenvalue weighted by atomic mass is 10.2. The van der Waals surface area contributed by atoms with Crippen molar-refractivity contribution in [3.8, 4) is 0 Å². The Hall–Kier alpha value is -2.28. The molecule has 2 heterocycles. The number of hydrogen-bond donors (Lipinski definition) is 2. The molecule has 0 spiro atoms. The van der Waals surface area contributed by atoms with Crippen molar-refractivity contribution in [1.82, 2.24) is 20.1 Å². The molecule has 8 heteroatoms. The van der Waals surface area contributed by atoms with E-state index in [4.69, 9.17) is 28.3 Å². The van der Waals surface area contributed by atoms with Gasteiger partial charge in [-0.15, -0.1) is 0 Å². The van der Waals surface area contributed by atoms with Crippen molar-refractivity contribution in [2.45, 2.75) is 25.4 Å². The molecule has 152 valence electrons. The Morgan fingerprint density at radius 1 is 1.24 bits per heavy atom. The van der Waals surface area contributed by atoms with Crippen molar-refractivity contribution >= 4 is 34.9 Å². The summed E-state index contributed by atoms with van der Waals surface area (Å²) in [5.74, 6) is -0.952. The molecular formula is C21H22Cl2N4O2. The smallest absolute Gasteiger partial charge is 0.335 e. The third-order valence-corrected chi connectivity index (χ3v) is 5.91. The number of hydrogen-bond acceptors (Lipinski definition) is 5. The topological polar surface area (TPSA) is 68.7 Å². The molecular weight excluding hydrogens is 411 g/mol. The summed E-state index contributed by atoms with van der Waals surface area (Å²) in [4.78, 5) is 20.1. The molecule has 1 aliphatic carbocycles. The van der Waals surface area contributed by atoms with E-state index < -0.39 is 5.97 Å². The summed E-state index contributed by atoms with van der Waals surface area (Å²) < 4.78 is 0. The predicted molar refractivity (Wildman–Crippen MR) is 114 cm³/mol. The monoisotopic (exact) mass is 432 g/mol. The van der Waals surface area contributed by atoms with Crippen LogP contribution in [0.3, 0.4) is 0 Å². The largest absolute Gasteiger partial charge is 0.478 e. The maximum absolute atomic E-state index is 11.2. The van der Waals surface area contributed by atoms with Gasteiger partial charge in [-0.05, 0) is 42.7 Å². The lowest BCUT2D eigenvalue weighted by molar-refractivity contribution is 0.0696. The van der Waals surface area contributed by atoms with Gasteiger partial charge in [0.25, 0.3) is 0 Å². The van der Waals surface area contributed by atoms with Gasteiger partial charge in [0, 0.05) is 38.1 Å². The zero-order chi connectivity index (χ0) is 20.4. The summed E-state index contributed by atoms with van der Waals surface area (Å²) in [5, 5.41) is 13.6. The van der Waals surface area contributed by atoms with Crippen molar-refractivity contribution < 1.29 is 9.90 Å². The number of nitrogens with zero attached hydrogens (tertiary/aromatic N) is 3. The molecule has 1 aromatic carbocycles. The molecule has 2 aromatic rings. The fraction of sp³-hybridized carbons (Fsp3) is 0.333. The molecule has 1 saturated carbocycles. The van der Waals surface area contributed by atoms with Crippen LogP contribution in [0.1, 0.15) is 34.5 Å². The molecule has 2 aliphatic rings. The van der Waals surface area contributed by atoms with Gasteiger partial charge >= 0.3 is 5.97 Å². The second-order valence-corrected chi connectivity index (χ2v) is 8.19. The van der Waals surface area contributed by atoms with Gasteiger partial charge in [0.2, 0.25) is 0 Å². The fourth-order valence-corrected chi connectivity index (χ4v) is 3.75. The Morgan fingerprint density at radius 3 is 2.79 bits per heavy atom. The normalized spacial score (nSPS) is 16.1. The third-order valence-electron chi connectivity index (χ3n) is 5.17. The lowest BCUT2D eigenvalue weighted by Gasteiger charge is -2.25. The van der Waals surface area contributed by atoms with Gasteiger partial charge in [-0.1, -0.05) is 29.3 Å². The number of nitrogens with one attached hydrogen (secondary N) is 1. The molecule has 1 aliphatic heterocycles. The SMILES string of the molecule is O=C(O)c1ccnc(C2=CN(CCN(Cc3ccc(Cl)c(Cl)c3)C3CC3)CN2)c1. The number of carbonyl (C=O) groups is 1. The van der Waals surface area contributed by atoms with Gasteiger partial charge in [-0.25, -0.2) is 4.79 Å². The fourth-order valence-electron chi connectivity index (χ4n) is 3.43. The number of aromatic nitrogens is 1. The molecule has 0 atom stereocenters. The van der Waals surface area contributed by atoms with E-state index in [1.807, 2.05) is 24.4 Å².